The van der Waals surface area contributed by atoms with Gasteiger partial charge >= 0.3 is 5.69 Å². The molecule has 18 heavy (non-hydrogen) atoms. The van der Waals surface area contributed by atoms with Gasteiger partial charge in [0.15, 0.2) is 6.23 Å². The van der Waals surface area contributed by atoms with Crippen LogP contribution in [0.25, 0.3) is 0 Å². The topological polar surface area (TPSA) is 125 Å². The number of nitrogens with zero attached hydrogens (tertiary/aromatic N) is 1. The van der Waals surface area contributed by atoms with E-state index in [1.165, 1.54) is 6.20 Å². The normalized spacial score (nSPS) is 31.8. The number of aromatic nitrogens is 2. The Morgan fingerprint density at radius 1 is 1.39 bits per heavy atom. The predicted octanol–water partition coefficient (Wildman–Crippen LogP) is -2.25. The molecule has 0 unspecified atom stereocenters. The average Bonchev–Trinajstić information content (AvgIpc) is 2.61. The lowest BCUT2D eigenvalue weighted by Gasteiger charge is -2.17. The third-order valence-corrected chi connectivity index (χ3v) is 3.48. The Bertz CT molecular complexity index is 555. The molecule has 1 fully saturated rings. The van der Waals surface area contributed by atoms with E-state index in [1.807, 2.05) is 0 Å². The van der Waals surface area contributed by atoms with Crippen molar-refractivity contribution in [1.82, 2.24) is 9.55 Å². The van der Waals surface area contributed by atoms with Crippen molar-refractivity contribution in [3.8, 4) is 0 Å². The smallest absolute Gasteiger partial charge is 0.330 e. The second kappa shape index (κ2) is 5.09. The number of ether oxygens (including phenoxy) is 1. The van der Waals surface area contributed by atoms with Crippen molar-refractivity contribution >= 4 is 22.6 Å². The van der Waals surface area contributed by atoms with Gasteiger partial charge in [-0.1, -0.05) is 0 Å². The summed E-state index contributed by atoms with van der Waals surface area (Å²) in [6.45, 7) is -0.482. The molecule has 2 heterocycles. The third kappa shape index (κ3) is 2.23. The molecule has 0 aliphatic carbocycles. The van der Waals surface area contributed by atoms with Crippen molar-refractivity contribution in [2.75, 3.05) is 6.61 Å². The molecule has 0 radical (unpaired) electrons. The Kier molecular flexibility index (Phi) is 3.87. The zero-order valence-electron chi connectivity index (χ0n) is 8.99. The molecule has 1 aliphatic heterocycles. The van der Waals surface area contributed by atoms with Gasteiger partial charge in [0.1, 0.15) is 18.3 Å². The van der Waals surface area contributed by atoms with Gasteiger partial charge in [-0.2, -0.15) is 0 Å². The monoisotopic (exact) mass is 370 g/mol. The SMILES string of the molecule is O=c1[nH]c(=O)n([C@H]2O[C@@H](CO)[C@H](O)[C@@H]2O)cc1I. The summed E-state index contributed by atoms with van der Waals surface area (Å²) in [6, 6.07) is 0. The summed E-state index contributed by atoms with van der Waals surface area (Å²) in [4.78, 5) is 24.9. The van der Waals surface area contributed by atoms with Crippen LogP contribution in [0.2, 0.25) is 0 Å². The summed E-state index contributed by atoms with van der Waals surface area (Å²) >= 11 is 1.73. The molecule has 0 spiro atoms. The van der Waals surface area contributed by atoms with E-state index in [0.717, 1.165) is 4.57 Å². The van der Waals surface area contributed by atoms with Crippen LogP contribution in [0.3, 0.4) is 0 Å². The Morgan fingerprint density at radius 2 is 2.06 bits per heavy atom. The number of aromatic amines is 1. The number of aliphatic hydroxyl groups excluding tert-OH is 3. The number of aliphatic hydroxyl groups is 3. The van der Waals surface area contributed by atoms with E-state index in [-0.39, 0.29) is 3.57 Å². The molecular weight excluding hydrogens is 359 g/mol. The Hall–Kier alpha value is -0.750. The summed E-state index contributed by atoms with van der Waals surface area (Å²) in [6.07, 6.45) is -3.54. The molecule has 0 amide bonds. The summed E-state index contributed by atoms with van der Waals surface area (Å²) in [7, 11) is 0. The molecule has 1 aromatic heterocycles. The van der Waals surface area contributed by atoms with Crippen molar-refractivity contribution < 1.29 is 20.1 Å². The van der Waals surface area contributed by atoms with Crippen LogP contribution in [0.5, 0.6) is 0 Å². The molecular formula is C9H11IN2O6. The fourth-order valence-corrected chi connectivity index (χ4v) is 2.19. The van der Waals surface area contributed by atoms with Crippen molar-refractivity contribution in [3.63, 3.8) is 0 Å². The van der Waals surface area contributed by atoms with Crippen molar-refractivity contribution in [2.45, 2.75) is 24.5 Å². The largest absolute Gasteiger partial charge is 0.394 e. The van der Waals surface area contributed by atoms with Crippen molar-refractivity contribution in [1.29, 1.82) is 0 Å². The fraction of sp³-hybridized carbons (Fsp3) is 0.556. The zero-order valence-corrected chi connectivity index (χ0v) is 11.1. The molecule has 0 bridgehead atoms. The van der Waals surface area contributed by atoms with Gasteiger partial charge in [0.25, 0.3) is 5.56 Å². The van der Waals surface area contributed by atoms with Crippen LogP contribution in [0.4, 0.5) is 0 Å². The molecule has 4 N–H and O–H groups in total. The first kappa shape index (κ1) is 13.7. The van der Waals surface area contributed by atoms with Crippen LogP contribution < -0.4 is 11.2 Å². The van der Waals surface area contributed by atoms with Gasteiger partial charge in [-0.15, -0.1) is 0 Å². The molecule has 1 aliphatic rings. The number of halogens is 1. The minimum Gasteiger partial charge on any atom is -0.394 e. The number of hydrogen-bond acceptors (Lipinski definition) is 6. The molecule has 9 heteroatoms. The maximum atomic E-state index is 11.6. The number of nitrogens with one attached hydrogen (secondary N) is 1. The van der Waals surface area contributed by atoms with E-state index in [4.69, 9.17) is 9.84 Å². The van der Waals surface area contributed by atoms with Gasteiger partial charge in [-0.25, -0.2) is 4.79 Å². The first-order chi connectivity index (χ1) is 8.45. The summed E-state index contributed by atoms with van der Waals surface area (Å²) in [5.74, 6) is 0. The van der Waals surface area contributed by atoms with E-state index in [9.17, 15) is 19.8 Å². The lowest BCUT2D eigenvalue weighted by atomic mass is 10.1. The highest BCUT2D eigenvalue weighted by Gasteiger charge is 2.43. The van der Waals surface area contributed by atoms with E-state index in [1.54, 1.807) is 22.6 Å². The van der Waals surface area contributed by atoms with Crippen LogP contribution in [-0.2, 0) is 4.74 Å². The molecule has 1 saturated heterocycles. The van der Waals surface area contributed by atoms with Crippen LogP contribution in [0, 0.1) is 3.57 Å². The van der Waals surface area contributed by atoms with Crippen molar-refractivity contribution in [3.05, 3.63) is 30.6 Å². The van der Waals surface area contributed by atoms with Gasteiger partial charge in [-0.05, 0) is 22.6 Å². The highest BCUT2D eigenvalue weighted by molar-refractivity contribution is 14.1. The predicted molar refractivity (Wildman–Crippen MR) is 67.0 cm³/mol. The van der Waals surface area contributed by atoms with Crippen LogP contribution in [0.15, 0.2) is 15.8 Å². The number of rotatable bonds is 2. The van der Waals surface area contributed by atoms with E-state index >= 15 is 0 Å². The second-order valence-electron chi connectivity index (χ2n) is 3.87. The zero-order chi connectivity index (χ0) is 13.4. The van der Waals surface area contributed by atoms with Crippen LogP contribution >= 0.6 is 22.6 Å². The maximum absolute atomic E-state index is 11.6. The average molecular weight is 370 g/mol. The van der Waals surface area contributed by atoms with Gasteiger partial charge in [0, 0.05) is 6.20 Å². The number of H-pyrrole nitrogens is 1. The molecule has 4 atom stereocenters. The molecule has 100 valence electrons. The van der Waals surface area contributed by atoms with Gasteiger partial charge < -0.3 is 20.1 Å². The summed E-state index contributed by atoms with van der Waals surface area (Å²) in [5.41, 5.74) is -1.29. The first-order valence-electron chi connectivity index (χ1n) is 5.09. The van der Waals surface area contributed by atoms with Crippen LogP contribution in [0.1, 0.15) is 6.23 Å². The summed E-state index contributed by atoms with van der Waals surface area (Å²) in [5, 5.41) is 28.3. The molecule has 8 nitrogen and oxygen atoms in total. The Labute approximate surface area is 114 Å². The standard InChI is InChI=1S/C9H11IN2O6/c10-3-1-12(9(17)11-7(3)16)8-6(15)5(14)4(2-13)18-8/h1,4-6,8,13-15H,2H2,(H,11,16,17)/t4-,5-,6-,8-/m0/s1. The Morgan fingerprint density at radius 3 is 2.61 bits per heavy atom. The van der Waals surface area contributed by atoms with E-state index in [0.29, 0.717) is 0 Å². The lowest BCUT2D eigenvalue weighted by Crippen LogP contribution is -2.38. The van der Waals surface area contributed by atoms with Gasteiger partial charge in [-0.3, -0.25) is 14.3 Å². The third-order valence-electron chi connectivity index (χ3n) is 2.72. The maximum Gasteiger partial charge on any atom is 0.330 e. The van der Waals surface area contributed by atoms with Gasteiger partial charge in [0.2, 0.25) is 0 Å². The minimum atomic E-state index is -1.36. The number of hydrogen-bond donors (Lipinski definition) is 4. The highest BCUT2D eigenvalue weighted by Crippen LogP contribution is 2.27. The van der Waals surface area contributed by atoms with Crippen molar-refractivity contribution in [2.24, 2.45) is 0 Å². The van der Waals surface area contributed by atoms with E-state index in [2.05, 4.69) is 4.98 Å². The molecule has 1 aromatic rings. The Balaban J connectivity index is 2.42. The van der Waals surface area contributed by atoms with Gasteiger partial charge in [0.05, 0.1) is 10.2 Å². The fourth-order valence-electron chi connectivity index (χ4n) is 1.76. The lowest BCUT2D eigenvalue weighted by molar-refractivity contribution is -0.0551. The van der Waals surface area contributed by atoms with E-state index < -0.39 is 42.4 Å². The second-order valence-corrected chi connectivity index (χ2v) is 5.03. The molecule has 2 rings (SSSR count). The van der Waals surface area contributed by atoms with Crippen LogP contribution in [-0.4, -0.2) is 49.8 Å². The highest BCUT2D eigenvalue weighted by atomic mass is 127. The first-order valence-corrected chi connectivity index (χ1v) is 6.17. The summed E-state index contributed by atoms with van der Waals surface area (Å²) < 4.78 is 6.40. The minimum absolute atomic E-state index is 0.241. The quantitative estimate of drug-likeness (QED) is 0.436. The molecule has 0 saturated carbocycles. The molecule has 0 aromatic carbocycles.